The number of carbonyl (C=O) groups is 1. The largest absolute Gasteiger partial charge is 0.628 e. The van der Waals surface area contributed by atoms with Gasteiger partial charge in [-0.3, -0.25) is 9.78 Å². The molecule has 0 fully saturated rings. The second-order valence-electron chi connectivity index (χ2n) is 3.96. The first kappa shape index (κ1) is 13.9. The third-order valence-electron chi connectivity index (χ3n) is 2.63. The number of anilines is 1. The highest BCUT2D eigenvalue weighted by atomic mass is 16.8. The maximum absolute atomic E-state index is 11.8. The monoisotopic (exact) mass is 274 g/mol. The zero-order valence-corrected chi connectivity index (χ0v) is 10.4. The molecular weight excluding hydrogens is 262 g/mol. The molecule has 3 N–H and O–H groups in total. The summed E-state index contributed by atoms with van der Waals surface area (Å²) in [7, 11) is 0. The molecule has 0 aliphatic carbocycles. The van der Waals surface area contributed by atoms with E-state index in [0.717, 1.165) is 0 Å². The van der Waals surface area contributed by atoms with Crippen LogP contribution >= 0.6 is 0 Å². The summed E-state index contributed by atoms with van der Waals surface area (Å²) in [5.41, 5.74) is 5.81. The van der Waals surface area contributed by atoms with Gasteiger partial charge in [0.1, 0.15) is 11.4 Å². The van der Waals surface area contributed by atoms with Crippen LogP contribution in [0.15, 0.2) is 42.7 Å². The van der Waals surface area contributed by atoms with Crippen molar-refractivity contribution in [3.8, 4) is 5.75 Å². The highest BCUT2D eigenvalue weighted by Gasteiger charge is 2.11. The van der Waals surface area contributed by atoms with Crippen molar-refractivity contribution in [2.24, 2.45) is 0 Å². The number of hydrogen-bond acceptors (Lipinski definition) is 6. The number of hydrogen-bond donors (Lipinski definition) is 2. The minimum absolute atomic E-state index is 0.0634. The van der Waals surface area contributed by atoms with Crippen LogP contribution in [0.5, 0.6) is 5.75 Å². The number of aromatic nitrogens is 1. The maximum Gasteiger partial charge on any atom is 0.201 e. The molecule has 7 nitrogen and oxygen atoms in total. The van der Waals surface area contributed by atoms with Crippen LogP contribution < -0.4 is 15.7 Å². The van der Waals surface area contributed by atoms with Crippen molar-refractivity contribution in [1.29, 1.82) is 0 Å². The molecule has 0 aliphatic heterocycles. The Morgan fingerprint density at radius 1 is 1.30 bits per heavy atom. The van der Waals surface area contributed by atoms with Gasteiger partial charge in [0.2, 0.25) is 5.78 Å². The van der Waals surface area contributed by atoms with Crippen LogP contribution in [-0.4, -0.2) is 17.4 Å². The molecule has 1 aromatic heterocycles. The molecule has 0 unspecified atom stereocenters. The number of nitrogen functional groups attached to an aromatic ring is 1. The lowest BCUT2D eigenvalue weighted by Gasteiger charge is -2.26. The van der Waals surface area contributed by atoms with Crippen molar-refractivity contribution in [2.45, 2.75) is 0 Å². The maximum atomic E-state index is 11.8. The van der Waals surface area contributed by atoms with Crippen LogP contribution in [-0.2, 0) is 0 Å². The standard InChI is InChI=1S/C13H12N3O4/c14-13-10(16(18)19)4-1-5-12(13)20-8-11(17)9-3-2-6-15-7-9/h1-7,16H,8,14H2/q-1. The second kappa shape index (κ2) is 6.11. The molecule has 0 aliphatic rings. The Morgan fingerprint density at radius 2 is 2.10 bits per heavy atom. The summed E-state index contributed by atoms with van der Waals surface area (Å²) in [5.74, 6) is -0.153. The van der Waals surface area contributed by atoms with E-state index in [9.17, 15) is 15.2 Å². The summed E-state index contributed by atoms with van der Waals surface area (Å²) in [6.45, 7) is -0.258. The smallest absolute Gasteiger partial charge is 0.201 e. The number of ether oxygens (including phenoxy) is 1. The van der Waals surface area contributed by atoms with E-state index in [-0.39, 0.29) is 29.5 Å². The second-order valence-corrected chi connectivity index (χ2v) is 3.96. The fraction of sp³-hybridized carbons (Fsp3) is 0.0769. The summed E-state index contributed by atoms with van der Waals surface area (Å²) in [6.07, 6.45) is 2.98. The van der Waals surface area contributed by atoms with E-state index in [1.165, 1.54) is 24.4 Å². The van der Waals surface area contributed by atoms with E-state index in [4.69, 9.17) is 10.5 Å². The molecule has 0 spiro atoms. The fourth-order valence-electron chi connectivity index (χ4n) is 1.60. The molecule has 2 aromatic rings. The van der Waals surface area contributed by atoms with Gasteiger partial charge in [0, 0.05) is 24.0 Å². The summed E-state index contributed by atoms with van der Waals surface area (Å²) >= 11 is 0. The van der Waals surface area contributed by atoms with Crippen LogP contribution in [0.2, 0.25) is 0 Å². The van der Waals surface area contributed by atoms with Crippen molar-refractivity contribution >= 4 is 17.2 Å². The van der Waals surface area contributed by atoms with Crippen molar-refractivity contribution < 1.29 is 14.8 Å². The molecule has 0 bridgehead atoms. The van der Waals surface area contributed by atoms with Crippen molar-refractivity contribution in [1.82, 2.24) is 4.98 Å². The molecule has 1 aromatic carbocycles. The highest BCUT2D eigenvalue weighted by molar-refractivity contribution is 5.97. The van der Waals surface area contributed by atoms with Crippen molar-refractivity contribution in [3.05, 3.63) is 58.7 Å². The third-order valence-corrected chi connectivity index (χ3v) is 2.63. The summed E-state index contributed by atoms with van der Waals surface area (Å²) in [6, 6.07) is 7.50. The fourth-order valence-corrected chi connectivity index (χ4v) is 1.60. The Balaban J connectivity index is 2.08. The van der Waals surface area contributed by atoms with Crippen LogP contribution in [0.4, 0.5) is 11.4 Å². The summed E-state index contributed by atoms with van der Waals surface area (Å²) in [5, 5.41) is 20.2. The van der Waals surface area contributed by atoms with Gasteiger partial charge in [-0.05, 0) is 18.2 Å². The first-order chi connectivity index (χ1) is 9.59. The van der Waals surface area contributed by atoms with Gasteiger partial charge in [0.25, 0.3) is 0 Å². The lowest BCUT2D eigenvalue weighted by Crippen LogP contribution is -2.96. The zero-order valence-electron chi connectivity index (χ0n) is 10.4. The molecule has 7 heteroatoms. The number of benzene rings is 1. The molecule has 1 heterocycles. The number of rotatable bonds is 5. The number of nitrogens with two attached hydrogens (primary N) is 1. The predicted molar refractivity (Wildman–Crippen MR) is 72.3 cm³/mol. The van der Waals surface area contributed by atoms with E-state index in [1.807, 2.05) is 0 Å². The number of nitrogens with zero attached hydrogens (tertiary/aromatic N) is 1. The van der Waals surface area contributed by atoms with Gasteiger partial charge in [-0.1, -0.05) is 6.07 Å². The van der Waals surface area contributed by atoms with E-state index < -0.39 is 5.23 Å². The van der Waals surface area contributed by atoms with Gasteiger partial charge >= 0.3 is 0 Å². The molecule has 0 atom stereocenters. The lowest BCUT2D eigenvalue weighted by atomic mass is 10.2. The van der Waals surface area contributed by atoms with Gasteiger partial charge in [-0.15, -0.1) is 0 Å². The average molecular weight is 274 g/mol. The van der Waals surface area contributed by atoms with Gasteiger partial charge < -0.3 is 26.1 Å². The number of Topliss-reactive ketones (excluding diaryl/α,β-unsaturated/α-hetero) is 1. The highest BCUT2D eigenvalue weighted by Crippen LogP contribution is 2.26. The third kappa shape index (κ3) is 3.09. The van der Waals surface area contributed by atoms with E-state index in [2.05, 4.69) is 4.98 Å². The van der Waals surface area contributed by atoms with Crippen LogP contribution in [0.3, 0.4) is 0 Å². The zero-order chi connectivity index (χ0) is 14.5. The Morgan fingerprint density at radius 3 is 2.75 bits per heavy atom. The molecule has 2 rings (SSSR count). The van der Waals surface area contributed by atoms with Crippen LogP contribution in [0, 0.1) is 10.4 Å². The number of ketones is 1. The number of para-hydroxylation sites is 1. The Hall–Kier alpha value is -2.48. The SMILES string of the molecule is Nc1c(OCC(=O)c2cccnc2)cccc1[NH+]([O-])[O-]. The van der Waals surface area contributed by atoms with E-state index >= 15 is 0 Å². The quantitative estimate of drug-likeness (QED) is 0.464. The molecule has 20 heavy (non-hydrogen) atoms. The minimum Gasteiger partial charge on any atom is -0.628 e. The van der Waals surface area contributed by atoms with Gasteiger partial charge in [-0.25, -0.2) is 0 Å². The van der Waals surface area contributed by atoms with Crippen molar-refractivity contribution in [3.63, 3.8) is 0 Å². The Labute approximate surface area is 114 Å². The van der Waals surface area contributed by atoms with Crippen LogP contribution in [0.25, 0.3) is 0 Å². The first-order valence-corrected chi connectivity index (χ1v) is 5.75. The average Bonchev–Trinajstić information content (AvgIpc) is 2.46. The summed E-state index contributed by atoms with van der Waals surface area (Å²) in [4.78, 5) is 15.6. The Bertz CT molecular complexity index is 602. The molecule has 0 amide bonds. The number of pyridine rings is 1. The summed E-state index contributed by atoms with van der Waals surface area (Å²) < 4.78 is 5.25. The van der Waals surface area contributed by atoms with Gasteiger partial charge in [0.05, 0.1) is 0 Å². The molecular formula is C13H12N3O4-. The van der Waals surface area contributed by atoms with E-state index in [0.29, 0.717) is 5.56 Å². The molecule has 0 saturated carbocycles. The Kier molecular flexibility index (Phi) is 4.26. The first-order valence-electron chi connectivity index (χ1n) is 5.75. The van der Waals surface area contributed by atoms with Crippen LogP contribution in [0.1, 0.15) is 10.4 Å². The molecule has 0 saturated heterocycles. The number of nitrogens with one attached hydrogen (secondary N) is 1. The molecule has 104 valence electrons. The normalized spacial score (nSPS) is 10.6. The minimum atomic E-state index is -1.40. The van der Waals surface area contributed by atoms with Crippen molar-refractivity contribution in [2.75, 3.05) is 12.3 Å². The van der Waals surface area contributed by atoms with E-state index in [1.54, 1.807) is 18.3 Å². The van der Waals surface area contributed by atoms with Gasteiger partial charge in [0.15, 0.2) is 12.3 Å². The lowest BCUT2D eigenvalue weighted by molar-refractivity contribution is -0.714. The predicted octanol–water partition coefficient (Wildman–Crippen LogP) is 0.438. The number of quaternary nitrogens is 1. The number of carbonyl (C=O) groups excluding carboxylic acids is 1. The topological polar surface area (TPSA) is 116 Å². The van der Waals surface area contributed by atoms with Gasteiger partial charge in [-0.2, -0.15) is 0 Å². The molecule has 0 radical (unpaired) electrons.